The molecule has 0 bridgehead atoms. The smallest absolute Gasteiger partial charge is 0.275 e. The van der Waals surface area contributed by atoms with E-state index in [0.717, 1.165) is 11.6 Å². The van der Waals surface area contributed by atoms with Gasteiger partial charge in [0.05, 0.1) is 11.8 Å². The number of pyridine rings is 1. The Morgan fingerprint density at radius 1 is 1.21 bits per heavy atom. The van der Waals surface area contributed by atoms with Crippen LogP contribution in [-0.4, -0.2) is 27.3 Å². The van der Waals surface area contributed by atoms with Crippen molar-refractivity contribution in [3.05, 3.63) is 53.9 Å². The summed E-state index contributed by atoms with van der Waals surface area (Å²) in [5.41, 5.74) is 3.09. The summed E-state index contributed by atoms with van der Waals surface area (Å²) in [5.74, 6) is -0.992. The average Bonchev–Trinajstić information content (AvgIpc) is 2.39. The second-order valence-electron chi connectivity index (χ2n) is 3.68. The Kier molecular flexibility index (Phi) is 3.72. The van der Waals surface area contributed by atoms with Gasteiger partial charge in [-0.3, -0.25) is 9.78 Å². The molecule has 96 valence electrons. The van der Waals surface area contributed by atoms with Gasteiger partial charge >= 0.3 is 0 Å². The molecule has 1 amide bonds. The van der Waals surface area contributed by atoms with Gasteiger partial charge in [-0.25, -0.2) is 5.43 Å². The van der Waals surface area contributed by atoms with Crippen LogP contribution in [0.2, 0.25) is 0 Å². The number of hydrogen-bond donors (Lipinski definition) is 3. The molecule has 1 aromatic carbocycles. The van der Waals surface area contributed by atoms with Crippen LogP contribution in [0.3, 0.4) is 0 Å². The second kappa shape index (κ2) is 5.63. The van der Waals surface area contributed by atoms with Crippen molar-refractivity contribution >= 4 is 12.1 Å². The summed E-state index contributed by atoms with van der Waals surface area (Å²) in [5, 5.41) is 22.4. The lowest BCUT2D eigenvalue weighted by atomic mass is 10.2. The Morgan fingerprint density at radius 3 is 2.63 bits per heavy atom. The lowest BCUT2D eigenvalue weighted by Gasteiger charge is -2.03. The number of aromatic nitrogens is 1. The van der Waals surface area contributed by atoms with Gasteiger partial charge in [-0.15, -0.1) is 0 Å². The number of rotatable bonds is 3. The van der Waals surface area contributed by atoms with Crippen molar-refractivity contribution in [1.29, 1.82) is 0 Å². The maximum Gasteiger partial charge on any atom is 0.275 e. The van der Waals surface area contributed by atoms with Crippen molar-refractivity contribution in [3.63, 3.8) is 0 Å². The molecule has 0 aliphatic heterocycles. The summed E-state index contributed by atoms with van der Waals surface area (Å²) in [6.45, 7) is 0. The molecular weight excluding hydrogens is 246 g/mol. The lowest BCUT2D eigenvalue weighted by Crippen LogP contribution is -2.17. The quantitative estimate of drug-likeness (QED) is 0.569. The van der Waals surface area contributed by atoms with E-state index in [4.69, 9.17) is 5.11 Å². The van der Waals surface area contributed by atoms with Crippen LogP contribution in [0, 0.1) is 0 Å². The van der Waals surface area contributed by atoms with Gasteiger partial charge in [-0.1, -0.05) is 0 Å². The highest BCUT2D eigenvalue weighted by molar-refractivity contribution is 5.97. The van der Waals surface area contributed by atoms with Crippen LogP contribution in [0.4, 0.5) is 0 Å². The van der Waals surface area contributed by atoms with Crippen molar-refractivity contribution in [2.75, 3.05) is 0 Å². The number of nitrogens with one attached hydrogen (secondary N) is 1. The molecule has 3 N–H and O–H groups in total. The minimum atomic E-state index is -0.567. The lowest BCUT2D eigenvalue weighted by molar-refractivity contribution is 0.0952. The molecule has 19 heavy (non-hydrogen) atoms. The van der Waals surface area contributed by atoms with Crippen LogP contribution in [-0.2, 0) is 0 Å². The SMILES string of the molecule is O=C(N/N=C/c1ccncc1)c1ccc(O)cc1O. The summed E-state index contributed by atoms with van der Waals surface area (Å²) >= 11 is 0. The number of amides is 1. The Hall–Kier alpha value is -2.89. The van der Waals surface area contributed by atoms with E-state index < -0.39 is 5.91 Å². The first-order valence-corrected chi connectivity index (χ1v) is 5.42. The van der Waals surface area contributed by atoms with Gasteiger partial charge in [-0.2, -0.15) is 5.10 Å². The number of phenolic OH excluding ortho intramolecular Hbond substituents is 2. The summed E-state index contributed by atoms with van der Waals surface area (Å²) < 4.78 is 0. The number of hydrazone groups is 1. The molecule has 0 unspecified atom stereocenters. The molecule has 6 heteroatoms. The van der Waals surface area contributed by atoms with Gasteiger partial charge in [-0.05, 0) is 29.8 Å². The van der Waals surface area contributed by atoms with Gasteiger partial charge in [0.15, 0.2) is 0 Å². The van der Waals surface area contributed by atoms with Crippen LogP contribution in [0.1, 0.15) is 15.9 Å². The molecule has 2 rings (SSSR count). The van der Waals surface area contributed by atoms with E-state index in [2.05, 4.69) is 15.5 Å². The molecule has 1 heterocycles. The fourth-order valence-electron chi connectivity index (χ4n) is 1.39. The molecule has 0 aliphatic rings. The molecule has 6 nitrogen and oxygen atoms in total. The zero-order chi connectivity index (χ0) is 13.7. The minimum Gasteiger partial charge on any atom is -0.508 e. The van der Waals surface area contributed by atoms with Crippen LogP contribution in [0.5, 0.6) is 11.5 Å². The molecule has 1 aromatic heterocycles. The summed E-state index contributed by atoms with van der Waals surface area (Å²) in [7, 11) is 0. The third-order valence-corrected chi connectivity index (χ3v) is 2.31. The molecule has 0 fully saturated rings. The first-order chi connectivity index (χ1) is 9.16. The summed E-state index contributed by atoms with van der Waals surface area (Å²) in [6.07, 6.45) is 4.67. The van der Waals surface area contributed by atoms with E-state index in [0.29, 0.717) is 0 Å². The van der Waals surface area contributed by atoms with Gasteiger partial charge in [0, 0.05) is 18.5 Å². The van der Waals surface area contributed by atoms with Crippen molar-refractivity contribution in [2.24, 2.45) is 5.10 Å². The van der Waals surface area contributed by atoms with E-state index in [1.807, 2.05) is 0 Å². The highest BCUT2D eigenvalue weighted by atomic mass is 16.3. The molecular formula is C13H11N3O3. The number of hydrogen-bond acceptors (Lipinski definition) is 5. The Bertz CT molecular complexity index is 612. The van der Waals surface area contributed by atoms with Crippen molar-refractivity contribution in [1.82, 2.24) is 10.4 Å². The fraction of sp³-hybridized carbons (Fsp3) is 0. The van der Waals surface area contributed by atoms with E-state index >= 15 is 0 Å². The Labute approximate surface area is 109 Å². The molecule has 0 atom stereocenters. The number of nitrogens with zero attached hydrogens (tertiary/aromatic N) is 2. The molecule has 2 aromatic rings. The molecule has 0 spiro atoms. The number of carbonyl (C=O) groups excluding carboxylic acids is 1. The predicted molar refractivity (Wildman–Crippen MR) is 69.1 cm³/mol. The number of carbonyl (C=O) groups is 1. The van der Waals surface area contributed by atoms with Crippen molar-refractivity contribution in [2.45, 2.75) is 0 Å². The third-order valence-electron chi connectivity index (χ3n) is 2.31. The Balaban J connectivity index is 2.04. The van der Waals surface area contributed by atoms with E-state index in [9.17, 15) is 9.90 Å². The van der Waals surface area contributed by atoms with Crippen LogP contribution >= 0.6 is 0 Å². The monoisotopic (exact) mass is 257 g/mol. The topological polar surface area (TPSA) is 94.8 Å². The van der Waals surface area contributed by atoms with E-state index in [1.54, 1.807) is 24.5 Å². The summed E-state index contributed by atoms with van der Waals surface area (Å²) in [6, 6.07) is 7.16. The van der Waals surface area contributed by atoms with E-state index in [-0.39, 0.29) is 17.1 Å². The van der Waals surface area contributed by atoms with Crippen molar-refractivity contribution < 1.29 is 15.0 Å². The first kappa shape index (κ1) is 12.6. The zero-order valence-corrected chi connectivity index (χ0v) is 9.82. The minimum absolute atomic E-state index is 0.0321. The summed E-state index contributed by atoms with van der Waals surface area (Å²) in [4.78, 5) is 15.5. The maximum atomic E-state index is 11.7. The van der Waals surface area contributed by atoms with Gasteiger partial charge in [0.1, 0.15) is 11.5 Å². The standard InChI is InChI=1S/C13H11N3O3/c17-10-1-2-11(12(18)7-10)13(19)16-15-8-9-3-5-14-6-4-9/h1-8,17-18H,(H,16,19)/b15-8+. The highest BCUT2D eigenvalue weighted by Gasteiger charge is 2.10. The molecule has 0 aliphatic carbocycles. The van der Waals surface area contributed by atoms with Crippen molar-refractivity contribution in [3.8, 4) is 11.5 Å². The Morgan fingerprint density at radius 2 is 1.95 bits per heavy atom. The molecule has 0 saturated heterocycles. The molecule has 0 saturated carbocycles. The van der Waals surface area contributed by atoms with Crippen LogP contribution < -0.4 is 5.43 Å². The van der Waals surface area contributed by atoms with Crippen LogP contribution in [0.25, 0.3) is 0 Å². The fourth-order valence-corrected chi connectivity index (χ4v) is 1.39. The van der Waals surface area contributed by atoms with Gasteiger partial charge < -0.3 is 10.2 Å². The average molecular weight is 257 g/mol. The number of aromatic hydroxyl groups is 2. The third kappa shape index (κ3) is 3.29. The zero-order valence-electron chi connectivity index (χ0n) is 9.82. The number of phenols is 2. The van der Waals surface area contributed by atoms with Gasteiger partial charge in [0.25, 0.3) is 5.91 Å². The normalized spacial score (nSPS) is 10.5. The maximum absolute atomic E-state index is 11.7. The second-order valence-corrected chi connectivity index (χ2v) is 3.68. The predicted octanol–water partition coefficient (Wildman–Crippen LogP) is 1.26. The largest absolute Gasteiger partial charge is 0.508 e. The van der Waals surface area contributed by atoms with Crippen LogP contribution in [0.15, 0.2) is 47.8 Å². The van der Waals surface area contributed by atoms with Gasteiger partial charge in [0.2, 0.25) is 0 Å². The first-order valence-electron chi connectivity index (χ1n) is 5.42. The highest BCUT2D eigenvalue weighted by Crippen LogP contribution is 2.22. The molecule has 0 radical (unpaired) electrons. The number of benzene rings is 1. The van der Waals surface area contributed by atoms with E-state index in [1.165, 1.54) is 18.3 Å².